The van der Waals surface area contributed by atoms with E-state index in [1.807, 2.05) is 0 Å². The Kier molecular flexibility index (Phi) is 10.3. The second-order valence-electron chi connectivity index (χ2n) is 2.63. The highest BCUT2D eigenvalue weighted by Gasteiger charge is 2.00. The van der Waals surface area contributed by atoms with Crippen LogP contribution in [0.2, 0.25) is 0 Å². The predicted molar refractivity (Wildman–Crippen MR) is 58.5 cm³/mol. The first-order valence-electron chi connectivity index (χ1n) is 4.60. The average Bonchev–Trinajstić information content (AvgIpc) is 2.14. The molecule has 0 fully saturated rings. The van der Waals surface area contributed by atoms with Crippen molar-refractivity contribution in [1.82, 2.24) is 0 Å². The molecule has 0 saturated carbocycles. The van der Waals surface area contributed by atoms with Crippen LogP contribution in [0.5, 0.6) is 0 Å². The van der Waals surface area contributed by atoms with Crippen molar-refractivity contribution < 1.29 is 9.53 Å². The Morgan fingerprint density at radius 3 is 2.85 bits per heavy atom. The number of hydrogen-bond acceptors (Lipinski definition) is 3. The lowest BCUT2D eigenvalue weighted by Crippen LogP contribution is -2.07. The molecule has 0 heterocycles. The van der Waals surface area contributed by atoms with Crippen LogP contribution in [0.15, 0.2) is 0 Å². The minimum Gasteiger partial charge on any atom is -0.465 e. The fourth-order valence-electron chi connectivity index (χ4n) is 0.764. The normalized spacial score (nSPS) is 10.0. The zero-order chi connectivity index (χ0) is 9.94. The summed E-state index contributed by atoms with van der Waals surface area (Å²) in [5, 5.41) is 0. The summed E-state index contributed by atoms with van der Waals surface area (Å²) in [7, 11) is 0. The van der Waals surface area contributed by atoms with E-state index in [0.717, 1.165) is 24.3 Å². The summed E-state index contributed by atoms with van der Waals surface area (Å²) >= 11 is 7.19. The highest BCUT2D eigenvalue weighted by Crippen LogP contribution is 2.01. The van der Waals surface area contributed by atoms with Crippen molar-refractivity contribution >= 4 is 29.3 Å². The number of halogens is 1. The first-order chi connectivity index (χ1) is 6.31. The zero-order valence-electron chi connectivity index (χ0n) is 8.05. The van der Waals surface area contributed by atoms with Gasteiger partial charge in [0.2, 0.25) is 0 Å². The van der Waals surface area contributed by atoms with E-state index in [1.54, 1.807) is 11.8 Å². The smallest absolute Gasteiger partial charge is 0.305 e. The Balaban J connectivity index is 3.08. The van der Waals surface area contributed by atoms with Crippen LogP contribution in [-0.2, 0) is 9.53 Å². The largest absolute Gasteiger partial charge is 0.465 e. The van der Waals surface area contributed by atoms with Gasteiger partial charge in [-0.1, -0.05) is 13.3 Å². The molecule has 0 N–H and O–H groups in total. The maximum absolute atomic E-state index is 11.0. The number of alkyl halides is 1. The maximum atomic E-state index is 11.0. The summed E-state index contributed by atoms with van der Waals surface area (Å²) in [5.74, 6) is 2.36. The molecule has 4 heteroatoms. The second kappa shape index (κ2) is 10.2. The third kappa shape index (κ3) is 10.0. The van der Waals surface area contributed by atoms with Crippen molar-refractivity contribution in [2.75, 3.05) is 24.0 Å². The molecule has 2 nitrogen and oxygen atoms in total. The molecule has 0 aromatic carbocycles. The van der Waals surface area contributed by atoms with Gasteiger partial charge in [0, 0.05) is 23.8 Å². The van der Waals surface area contributed by atoms with Gasteiger partial charge in [-0.05, 0) is 6.42 Å². The Labute approximate surface area is 89.4 Å². The van der Waals surface area contributed by atoms with E-state index >= 15 is 0 Å². The van der Waals surface area contributed by atoms with Gasteiger partial charge in [-0.3, -0.25) is 4.79 Å². The Hall–Kier alpha value is 0.110. The van der Waals surface area contributed by atoms with Crippen LogP contribution in [0.4, 0.5) is 0 Å². The van der Waals surface area contributed by atoms with Gasteiger partial charge < -0.3 is 4.74 Å². The standard InChI is InChI=1S/C9H17ClO2S/c1-2-3-4-9(11)12-6-8-13-7-5-10/h2-8H2,1H3. The van der Waals surface area contributed by atoms with Crippen LogP contribution >= 0.6 is 23.4 Å². The first-order valence-corrected chi connectivity index (χ1v) is 6.29. The lowest BCUT2D eigenvalue weighted by atomic mass is 10.3. The van der Waals surface area contributed by atoms with Crippen molar-refractivity contribution in [1.29, 1.82) is 0 Å². The summed E-state index contributed by atoms with van der Waals surface area (Å²) in [4.78, 5) is 11.0. The van der Waals surface area contributed by atoms with Gasteiger partial charge in [0.05, 0.1) is 0 Å². The van der Waals surface area contributed by atoms with Gasteiger partial charge in [0.25, 0.3) is 0 Å². The van der Waals surface area contributed by atoms with E-state index in [0.29, 0.717) is 18.9 Å². The summed E-state index contributed by atoms with van der Waals surface area (Å²) in [6.07, 6.45) is 2.51. The SMILES string of the molecule is CCCCC(=O)OCCSCCCl. The third-order valence-electron chi connectivity index (χ3n) is 1.45. The molecule has 0 radical (unpaired) electrons. The first kappa shape index (κ1) is 13.1. The van der Waals surface area contributed by atoms with Crippen molar-refractivity contribution in [3.63, 3.8) is 0 Å². The molecule has 0 aromatic rings. The molecular formula is C9H17ClO2S. The van der Waals surface area contributed by atoms with Crippen molar-refractivity contribution in [3.8, 4) is 0 Å². The molecule has 0 aliphatic rings. The Morgan fingerprint density at radius 2 is 2.23 bits per heavy atom. The number of esters is 1. The molecule has 0 aromatic heterocycles. The molecule has 0 spiro atoms. The molecule has 0 bridgehead atoms. The molecule has 0 saturated heterocycles. The van der Waals surface area contributed by atoms with Gasteiger partial charge in [-0.2, -0.15) is 11.8 Å². The quantitative estimate of drug-likeness (QED) is 0.360. The van der Waals surface area contributed by atoms with E-state index in [2.05, 4.69) is 6.92 Å². The Morgan fingerprint density at radius 1 is 1.46 bits per heavy atom. The Bertz CT molecular complexity index is 131. The van der Waals surface area contributed by atoms with Crippen LogP contribution in [0.1, 0.15) is 26.2 Å². The number of ether oxygens (including phenoxy) is 1. The fourth-order valence-corrected chi connectivity index (χ4v) is 1.61. The van der Waals surface area contributed by atoms with E-state index in [1.165, 1.54) is 0 Å². The molecule has 13 heavy (non-hydrogen) atoms. The topological polar surface area (TPSA) is 26.3 Å². The molecule has 0 aliphatic heterocycles. The van der Waals surface area contributed by atoms with Crippen LogP contribution < -0.4 is 0 Å². The number of unbranched alkanes of at least 4 members (excludes halogenated alkanes) is 1. The number of hydrogen-bond donors (Lipinski definition) is 0. The predicted octanol–water partition coefficient (Wildman–Crippen LogP) is 2.69. The van der Waals surface area contributed by atoms with Gasteiger partial charge in [0.1, 0.15) is 6.61 Å². The highest BCUT2D eigenvalue weighted by molar-refractivity contribution is 7.99. The lowest BCUT2D eigenvalue weighted by molar-refractivity contribution is -0.143. The van der Waals surface area contributed by atoms with Crippen LogP contribution in [0, 0.1) is 0 Å². The van der Waals surface area contributed by atoms with Crippen molar-refractivity contribution in [3.05, 3.63) is 0 Å². The number of carbonyl (C=O) groups is 1. The van der Waals surface area contributed by atoms with E-state index in [4.69, 9.17) is 16.3 Å². The van der Waals surface area contributed by atoms with E-state index in [9.17, 15) is 4.79 Å². The summed E-state index contributed by atoms with van der Waals surface area (Å²) in [5.41, 5.74) is 0. The molecule has 78 valence electrons. The van der Waals surface area contributed by atoms with Gasteiger partial charge in [-0.25, -0.2) is 0 Å². The number of thioether (sulfide) groups is 1. The molecule has 0 atom stereocenters. The fraction of sp³-hybridized carbons (Fsp3) is 0.889. The van der Waals surface area contributed by atoms with Crippen LogP contribution in [0.3, 0.4) is 0 Å². The number of rotatable bonds is 8. The van der Waals surface area contributed by atoms with Gasteiger partial charge in [-0.15, -0.1) is 11.6 Å². The lowest BCUT2D eigenvalue weighted by Gasteiger charge is -2.03. The summed E-state index contributed by atoms with van der Waals surface area (Å²) in [6.45, 7) is 2.58. The van der Waals surface area contributed by atoms with E-state index < -0.39 is 0 Å². The minimum atomic E-state index is -0.0756. The van der Waals surface area contributed by atoms with E-state index in [-0.39, 0.29) is 5.97 Å². The monoisotopic (exact) mass is 224 g/mol. The van der Waals surface area contributed by atoms with Crippen molar-refractivity contribution in [2.45, 2.75) is 26.2 Å². The minimum absolute atomic E-state index is 0.0756. The van der Waals surface area contributed by atoms with Crippen LogP contribution in [0.25, 0.3) is 0 Å². The highest BCUT2D eigenvalue weighted by atomic mass is 35.5. The van der Waals surface area contributed by atoms with Gasteiger partial charge >= 0.3 is 5.97 Å². The maximum Gasteiger partial charge on any atom is 0.305 e. The third-order valence-corrected chi connectivity index (χ3v) is 2.81. The second-order valence-corrected chi connectivity index (χ2v) is 4.23. The van der Waals surface area contributed by atoms with Gasteiger partial charge in [0.15, 0.2) is 0 Å². The molecule has 0 amide bonds. The van der Waals surface area contributed by atoms with Crippen molar-refractivity contribution in [2.24, 2.45) is 0 Å². The molecular weight excluding hydrogens is 208 g/mol. The average molecular weight is 225 g/mol. The zero-order valence-corrected chi connectivity index (χ0v) is 9.62. The molecule has 0 unspecified atom stereocenters. The molecule has 0 aliphatic carbocycles. The summed E-state index contributed by atoms with van der Waals surface area (Å²) < 4.78 is 4.99. The summed E-state index contributed by atoms with van der Waals surface area (Å²) in [6, 6.07) is 0. The number of carbonyl (C=O) groups excluding carboxylic acids is 1. The molecule has 0 rings (SSSR count). The van der Waals surface area contributed by atoms with Crippen LogP contribution in [-0.4, -0.2) is 30.0 Å².